The molecule has 1 aliphatic heterocycles. The largest absolute Gasteiger partial charge is 0.394 e. The Morgan fingerprint density at radius 2 is 1.94 bits per heavy atom. The molecule has 1 atom stereocenters. The molecule has 0 radical (unpaired) electrons. The fraction of sp³-hybridized carbons (Fsp3) is 0.923. The molecule has 0 aromatic rings. The van der Waals surface area contributed by atoms with E-state index in [1.165, 1.54) is 12.8 Å². The van der Waals surface area contributed by atoms with Crippen LogP contribution >= 0.6 is 0 Å². The molecule has 2 fully saturated rings. The maximum absolute atomic E-state index is 12.3. The summed E-state index contributed by atoms with van der Waals surface area (Å²) in [6, 6.07) is 0.104. The Bertz CT molecular complexity index is 246. The molecule has 0 unspecified atom stereocenters. The van der Waals surface area contributed by atoms with Gasteiger partial charge in [0, 0.05) is 12.5 Å². The van der Waals surface area contributed by atoms with E-state index in [0.717, 1.165) is 38.1 Å². The first-order chi connectivity index (χ1) is 7.72. The van der Waals surface area contributed by atoms with Crippen LogP contribution in [0.15, 0.2) is 0 Å². The lowest BCUT2D eigenvalue weighted by molar-refractivity contribution is -0.138. The van der Waals surface area contributed by atoms with Crippen LogP contribution in [0.4, 0.5) is 0 Å². The average Bonchev–Trinajstić information content (AvgIpc) is 2.77. The lowest BCUT2D eigenvalue weighted by Crippen LogP contribution is -2.42. The minimum Gasteiger partial charge on any atom is -0.394 e. The summed E-state index contributed by atoms with van der Waals surface area (Å²) >= 11 is 0. The van der Waals surface area contributed by atoms with Gasteiger partial charge in [-0.1, -0.05) is 6.92 Å². The normalized spacial score (nSPS) is 35.4. The Balaban J connectivity index is 1.91. The number of hydrogen-bond donors (Lipinski definition) is 1. The monoisotopic (exact) mass is 225 g/mol. The summed E-state index contributed by atoms with van der Waals surface area (Å²) in [5.41, 5.74) is 0. The Labute approximate surface area is 97.8 Å². The van der Waals surface area contributed by atoms with Gasteiger partial charge >= 0.3 is 0 Å². The molecule has 0 spiro atoms. The molecule has 1 N–H and O–H groups in total. The van der Waals surface area contributed by atoms with E-state index in [1.54, 1.807) is 0 Å². The van der Waals surface area contributed by atoms with Gasteiger partial charge in [-0.2, -0.15) is 0 Å². The number of aliphatic hydroxyl groups is 1. The van der Waals surface area contributed by atoms with Crippen molar-refractivity contribution >= 4 is 5.91 Å². The van der Waals surface area contributed by atoms with Gasteiger partial charge in [0.15, 0.2) is 0 Å². The predicted molar refractivity (Wildman–Crippen MR) is 62.9 cm³/mol. The zero-order valence-corrected chi connectivity index (χ0v) is 10.2. The number of likely N-dealkylation sites (tertiary alicyclic amines) is 1. The molecule has 0 aromatic heterocycles. The molecule has 3 heteroatoms. The average molecular weight is 225 g/mol. The van der Waals surface area contributed by atoms with E-state index in [1.807, 2.05) is 4.90 Å². The SMILES string of the molecule is CC1CCC(C(=O)N2CCC[C@H]2CO)CC1. The maximum Gasteiger partial charge on any atom is 0.226 e. The van der Waals surface area contributed by atoms with Crippen LogP contribution in [-0.2, 0) is 4.79 Å². The van der Waals surface area contributed by atoms with Gasteiger partial charge in [-0.05, 0) is 44.4 Å². The Kier molecular flexibility index (Phi) is 3.85. The third-order valence-corrected chi connectivity index (χ3v) is 4.24. The summed E-state index contributed by atoms with van der Waals surface area (Å²) in [4.78, 5) is 14.2. The van der Waals surface area contributed by atoms with E-state index in [-0.39, 0.29) is 18.6 Å². The number of aliphatic hydroxyl groups excluding tert-OH is 1. The number of nitrogens with zero attached hydrogens (tertiary/aromatic N) is 1. The minimum absolute atomic E-state index is 0.104. The van der Waals surface area contributed by atoms with Crippen LogP contribution in [0, 0.1) is 11.8 Å². The van der Waals surface area contributed by atoms with E-state index in [2.05, 4.69) is 6.92 Å². The zero-order valence-electron chi connectivity index (χ0n) is 10.2. The maximum atomic E-state index is 12.3. The van der Waals surface area contributed by atoms with E-state index in [0.29, 0.717) is 5.91 Å². The van der Waals surface area contributed by atoms with Gasteiger partial charge in [0.1, 0.15) is 0 Å². The Hall–Kier alpha value is -0.570. The molecule has 16 heavy (non-hydrogen) atoms. The second kappa shape index (κ2) is 5.17. The number of hydrogen-bond acceptors (Lipinski definition) is 2. The summed E-state index contributed by atoms with van der Waals surface area (Å²) in [7, 11) is 0. The van der Waals surface area contributed by atoms with Crippen molar-refractivity contribution < 1.29 is 9.90 Å². The van der Waals surface area contributed by atoms with Gasteiger partial charge in [-0.15, -0.1) is 0 Å². The van der Waals surface area contributed by atoms with Crippen LogP contribution in [0.3, 0.4) is 0 Å². The standard InChI is InChI=1S/C13H23NO2/c1-10-4-6-11(7-5-10)13(16)14-8-2-3-12(14)9-15/h10-12,15H,2-9H2,1H3/t10?,11?,12-/m0/s1. The second-order valence-electron chi connectivity index (χ2n) is 5.47. The van der Waals surface area contributed by atoms with Crippen molar-refractivity contribution in [1.29, 1.82) is 0 Å². The minimum atomic E-state index is 0.104. The zero-order chi connectivity index (χ0) is 11.5. The van der Waals surface area contributed by atoms with Crippen molar-refractivity contribution in [2.45, 2.75) is 51.5 Å². The highest BCUT2D eigenvalue weighted by atomic mass is 16.3. The van der Waals surface area contributed by atoms with E-state index in [9.17, 15) is 9.90 Å². The van der Waals surface area contributed by atoms with Crippen molar-refractivity contribution in [1.82, 2.24) is 4.90 Å². The first-order valence-corrected chi connectivity index (χ1v) is 6.63. The fourth-order valence-corrected chi connectivity index (χ4v) is 3.06. The lowest BCUT2D eigenvalue weighted by atomic mass is 9.82. The smallest absolute Gasteiger partial charge is 0.226 e. The second-order valence-corrected chi connectivity index (χ2v) is 5.47. The highest BCUT2D eigenvalue weighted by Gasteiger charge is 2.33. The van der Waals surface area contributed by atoms with Crippen LogP contribution in [-0.4, -0.2) is 35.1 Å². The lowest BCUT2D eigenvalue weighted by Gasteiger charge is -2.31. The topological polar surface area (TPSA) is 40.5 Å². The molecular formula is C13H23NO2. The first kappa shape index (κ1) is 11.9. The molecule has 3 nitrogen and oxygen atoms in total. The molecule has 0 bridgehead atoms. The summed E-state index contributed by atoms with van der Waals surface area (Å²) in [6.45, 7) is 3.26. The van der Waals surface area contributed by atoms with E-state index in [4.69, 9.17) is 0 Å². The van der Waals surface area contributed by atoms with Gasteiger partial charge in [0.2, 0.25) is 5.91 Å². The number of rotatable bonds is 2. The van der Waals surface area contributed by atoms with Crippen molar-refractivity contribution in [3.63, 3.8) is 0 Å². The van der Waals surface area contributed by atoms with Crippen molar-refractivity contribution in [2.75, 3.05) is 13.2 Å². The highest BCUT2D eigenvalue weighted by molar-refractivity contribution is 5.79. The highest BCUT2D eigenvalue weighted by Crippen LogP contribution is 2.31. The molecule has 1 aliphatic carbocycles. The van der Waals surface area contributed by atoms with Crippen LogP contribution < -0.4 is 0 Å². The molecule has 2 rings (SSSR count). The third kappa shape index (κ3) is 2.40. The molecule has 2 aliphatic rings. The summed E-state index contributed by atoms with van der Waals surface area (Å²) < 4.78 is 0. The van der Waals surface area contributed by atoms with E-state index < -0.39 is 0 Å². The molecule has 1 saturated carbocycles. The van der Waals surface area contributed by atoms with Gasteiger partial charge in [0.05, 0.1) is 12.6 Å². The summed E-state index contributed by atoms with van der Waals surface area (Å²) in [5, 5.41) is 9.23. The summed E-state index contributed by atoms with van der Waals surface area (Å²) in [6.07, 6.45) is 6.51. The fourth-order valence-electron chi connectivity index (χ4n) is 3.06. The van der Waals surface area contributed by atoms with Crippen molar-refractivity contribution in [3.8, 4) is 0 Å². The van der Waals surface area contributed by atoms with Crippen LogP contribution in [0.5, 0.6) is 0 Å². The quantitative estimate of drug-likeness (QED) is 0.778. The van der Waals surface area contributed by atoms with Crippen molar-refractivity contribution in [2.24, 2.45) is 11.8 Å². The molecule has 1 saturated heterocycles. The predicted octanol–water partition coefficient (Wildman–Crippen LogP) is 1.80. The van der Waals surface area contributed by atoms with E-state index >= 15 is 0 Å². The van der Waals surface area contributed by atoms with Gasteiger partial charge in [0.25, 0.3) is 0 Å². The Morgan fingerprint density at radius 1 is 1.25 bits per heavy atom. The van der Waals surface area contributed by atoms with Gasteiger partial charge in [-0.3, -0.25) is 4.79 Å². The van der Waals surface area contributed by atoms with Crippen LogP contribution in [0.25, 0.3) is 0 Å². The number of carbonyl (C=O) groups is 1. The van der Waals surface area contributed by atoms with Crippen LogP contribution in [0.1, 0.15) is 45.4 Å². The molecule has 92 valence electrons. The number of carbonyl (C=O) groups excluding carboxylic acids is 1. The first-order valence-electron chi connectivity index (χ1n) is 6.63. The molecular weight excluding hydrogens is 202 g/mol. The van der Waals surface area contributed by atoms with Gasteiger partial charge < -0.3 is 10.0 Å². The van der Waals surface area contributed by atoms with Gasteiger partial charge in [-0.25, -0.2) is 0 Å². The molecule has 0 aromatic carbocycles. The summed E-state index contributed by atoms with van der Waals surface area (Å²) in [5.74, 6) is 1.34. The molecule has 1 amide bonds. The number of amides is 1. The van der Waals surface area contributed by atoms with Crippen molar-refractivity contribution in [3.05, 3.63) is 0 Å². The third-order valence-electron chi connectivity index (χ3n) is 4.24. The van der Waals surface area contributed by atoms with Crippen LogP contribution in [0.2, 0.25) is 0 Å². The Morgan fingerprint density at radius 3 is 2.56 bits per heavy atom. The molecule has 1 heterocycles.